The molecule has 0 bridgehead atoms. The van der Waals surface area contributed by atoms with Gasteiger partial charge in [-0.15, -0.1) is 0 Å². The Kier molecular flexibility index (Phi) is 4.40. The summed E-state index contributed by atoms with van der Waals surface area (Å²) < 4.78 is 1.11. The summed E-state index contributed by atoms with van der Waals surface area (Å²) in [4.78, 5) is 11.8. The molecule has 3 nitrogen and oxygen atoms in total. The first-order valence-electron chi connectivity index (χ1n) is 6.36. The van der Waals surface area contributed by atoms with Crippen molar-refractivity contribution >= 4 is 27.5 Å². The predicted molar refractivity (Wildman–Crippen MR) is 77.9 cm³/mol. The minimum Gasteiger partial charge on any atom is -0.326 e. The third-order valence-electron chi connectivity index (χ3n) is 3.08. The monoisotopic (exact) mass is 310 g/mol. The number of amides is 1. The van der Waals surface area contributed by atoms with Crippen LogP contribution in [0.3, 0.4) is 0 Å². The maximum absolute atomic E-state index is 11.8. The maximum atomic E-state index is 11.8. The van der Waals surface area contributed by atoms with E-state index in [1.165, 1.54) is 12.8 Å². The standard InChI is InChI=1S/C14H19BrN2O/c1-9-7-12(8-10(2)14(9)15)17-13(18)5-6-16-11-3-4-11/h7-8,11,16H,3-6H2,1-2H3,(H,17,18). The third-order valence-corrected chi connectivity index (χ3v) is 4.33. The average Bonchev–Trinajstić information content (AvgIpc) is 3.09. The van der Waals surface area contributed by atoms with Crippen LogP contribution in [0.2, 0.25) is 0 Å². The molecule has 0 atom stereocenters. The highest BCUT2D eigenvalue weighted by atomic mass is 79.9. The zero-order valence-electron chi connectivity index (χ0n) is 10.8. The second kappa shape index (κ2) is 5.85. The minimum atomic E-state index is 0.0734. The largest absolute Gasteiger partial charge is 0.326 e. The summed E-state index contributed by atoms with van der Waals surface area (Å²) in [5.74, 6) is 0.0734. The quantitative estimate of drug-likeness (QED) is 0.877. The summed E-state index contributed by atoms with van der Waals surface area (Å²) in [5.41, 5.74) is 3.16. The van der Waals surface area contributed by atoms with Crippen molar-refractivity contribution in [1.29, 1.82) is 0 Å². The number of carbonyl (C=O) groups excluding carboxylic acids is 1. The Balaban J connectivity index is 1.85. The zero-order chi connectivity index (χ0) is 13.1. The van der Waals surface area contributed by atoms with Crippen LogP contribution in [-0.4, -0.2) is 18.5 Å². The van der Waals surface area contributed by atoms with E-state index in [2.05, 4.69) is 26.6 Å². The molecule has 1 fully saturated rings. The van der Waals surface area contributed by atoms with E-state index in [1.54, 1.807) is 0 Å². The Hall–Kier alpha value is -0.870. The topological polar surface area (TPSA) is 41.1 Å². The van der Waals surface area contributed by atoms with Gasteiger partial charge in [0.2, 0.25) is 5.91 Å². The van der Waals surface area contributed by atoms with Gasteiger partial charge in [-0.05, 0) is 49.9 Å². The van der Waals surface area contributed by atoms with Crippen molar-refractivity contribution < 1.29 is 4.79 Å². The second-order valence-electron chi connectivity index (χ2n) is 4.95. The lowest BCUT2D eigenvalue weighted by atomic mass is 10.1. The maximum Gasteiger partial charge on any atom is 0.225 e. The molecule has 1 aromatic carbocycles. The van der Waals surface area contributed by atoms with Crippen molar-refractivity contribution in [3.05, 3.63) is 27.7 Å². The normalized spacial score (nSPS) is 14.6. The fourth-order valence-electron chi connectivity index (χ4n) is 1.92. The molecule has 1 amide bonds. The number of benzene rings is 1. The Labute approximate surface area is 116 Å². The summed E-state index contributed by atoms with van der Waals surface area (Å²) >= 11 is 3.52. The Bertz CT molecular complexity index is 432. The van der Waals surface area contributed by atoms with Crippen LogP contribution in [0, 0.1) is 13.8 Å². The molecule has 2 N–H and O–H groups in total. The summed E-state index contributed by atoms with van der Waals surface area (Å²) in [6.07, 6.45) is 3.05. The Morgan fingerprint density at radius 3 is 2.50 bits per heavy atom. The summed E-state index contributed by atoms with van der Waals surface area (Å²) in [6, 6.07) is 4.64. The minimum absolute atomic E-state index is 0.0734. The number of rotatable bonds is 5. The summed E-state index contributed by atoms with van der Waals surface area (Å²) in [6.45, 7) is 4.83. The van der Waals surface area contributed by atoms with Crippen LogP contribution >= 0.6 is 15.9 Å². The van der Waals surface area contributed by atoms with Gasteiger partial charge in [0.05, 0.1) is 0 Å². The van der Waals surface area contributed by atoms with Gasteiger partial charge in [-0.1, -0.05) is 15.9 Å². The lowest BCUT2D eigenvalue weighted by Crippen LogP contribution is -2.23. The van der Waals surface area contributed by atoms with Crippen molar-refractivity contribution in [3.63, 3.8) is 0 Å². The molecule has 1 aromatic rings. The van der Waals surface area contributed by atoms with E-state index in [1.807, 2.05) is 26.0 Å². The van der Waals surface area contributed by atoms with Crippen LogP contribution < -0.4 is 10.6 Å². The molecule has 0 saturated heterocycles. The van der Waals surface area contributed by atoms with Crippen molar-refractivity contribution in [2.24, 2.45) is 0 Å². The third kappa shape index (κ3) is 3.82. The van der Waals surface area contributed by atoms with Gasteiger partial charge in [-0.25, -0.2) is 0 Å². The fraction of sp³-hybridized carbons (Fsp3) is 0.500. The molecule has 0 aromatic heterocycles. The van der Waals surface area contributed by atoms with Crippen LogP contribution in [0.25, 0.3) is 0 Å². The fourth-order valence-corrected chi connectivity index (χ4v) is 2.15. The first kappa shape index (κ1) is 13.6. The van der Waals surface area contributed by atoms with Gasteiger partial charge in [-0.3, -0.25) is 4.79 Å². The lowest BCUT2D eigenvalue weighted by Gasteiger charge is -2.10. The Morgan fingerprint density at radius 1 is 1.33 bits per heavy atom. The molecule has 0 spiro atoms. The van der Waals surface area contributed by atoms with Gasteiger partial charge in [0.15, 0.2) is 0 Å². The van der Waals surface area contributed by atoms with E-state index in [4.69, 9.17) is 0 Å². The van der Waals surface area contributed by atoms with E-state index in [9.17, 15) is 4.79 Å². The van der Waals surface area contributed by atoms with Gasteiger partial charge >= 0.3 is 0 Å². The van der Waals surface area contributed by atoms with E-state index >= 15 is 0 Å². The molecule has 1 aliphatic rings. The number of anilines is 1. The molecule has 0 radical (unpaired) electrons. The van der Waals surface area contributed by atoms with Gasteiger partial charge in [-0.2, -0.15) is 0 Å². The first-order valence-corrected chi connectivity index (χ1v) is 7.15. The van der Waals surface area contributed by atoms with Crippen LogP contribution in [0.4, 0.5) is 5.69 Å². The second-order valence-corrected chi connectivity index (χ2v) is 5.74. The zero-order valence-corrected chi connectivity index (χ0v) is 12.4. The lowest BCUT2D eigenvalue weighted by molar-refractivity contribution is -0.116. The number of aryl methyl sites for hydroxylation is 2. The van der Waals surface area contributed by atoms with Crippen LogP contribution in [0.15, 0.2) is 16.6 Å². The van der Waals surface area contributed by atoms with E-state index < -0.39 is 0 Å². The van der Waals surface area contributed by atoms with Gasteiger partial charge in [0.1, 0.15) is 0 Å². The molecule has 18 heavy (non-hydrogen) atoms. The molecule has 4 heteroatoms. The first-order chi connectivity index (χ1) is 8.56. The summed E-state index contributed by atoms with van der Waals surface area (Å²) in [5, 5.41) is 6.28. The van der Waals surface area contributed by atoms with Crippen molar-refractivity contribution in [2.45, 2.75) is 39.2 Å². The van der Waals surface area contributed by atoms with Crippen molar-refractivity contribution in [3.8, 4) is 0 Å². The molecule has 1 saturated carbocycles. The number of hydrogen-bond acceptors (Lipinski definition) is 2. The molecule has 0 heterocycles. The molecule has 2 rings (SSSR count). The van der Waals surface area contributed by atoms with Crippen LogP contribution in [0.5, 0.6) is 0 Å². The van der Waals surface area contributed by atoms with Gasteiger partial charge < -0.3 is 10.6 Å². The Morgan fingerprint density at radius 2 is 1.94 bits per heavy atom. The predicted octanol–water partition coefficient (Wildman–Crippen LogP) is 3.15. The van der Waals surface area contributed by atoms with Crippen LogP contribution in [-0.2, 0) is 4.79 Å². The smallest absolute Gasteiger partial charge is 0.225 e. The number of halogens is 1. The van der Waals surface area contributed by atoms with Crippen molar-refractivity contribution in [1.82, 2.24) is 5.32 Å². The highest BCUT2D eigenvalue weighted by molar-refractivity contribution is 9.10. The van der Waals surface area contributed by atoms with E-state index in [0.29, 0.717) is 12.5 Å². The SMILES string of the molecule is Cc1cc(NC(=O)CCNC2CC2)cc(C)c1Br. The van der Waals surface area contributed by atoms with E-state index in [0.717, 1.165) is 27.8 Å². The van der Waals surface area contributed by atoms with Gasteiger partial charge in [0.25, 0.3) is 0 Å². The number of carbonyl (C=O) groups is 1. The summed E-state index contributed by atoms with van der Waals surface area (Å²) in [7, 11) is 0. The molecular weight excluding hydrogens is 292 g/mol. The highest BCUT2D eigenvalue weighted by Crippen LogP contribution is 2.25. The van der Waals surface area contributed by atoms with Gasteiger partial charge in [0, 0.05) is 29.2 Å². The number of nitrogens with one attached hydrogen (secondary N) is 2. The number of hydrogen-bond donors (Lipinski definition) is 2. The molecule has 98 valence electrons. The molecule has 0 aliphatic heterocycles. The van der Waals surface area contributed by atoms with E-state index in [-0.39, 0.29) is 5.91 Å². The highest BCUT2D eigenvalue weighted by Gasteiger charge is 2.20. The molecule has 1 aliphatic carbocycles. The van der Waals surface area contributed by atoms with Crippen molar-refractivity contribution in [2.75, 3.05) is 11.9 Å². The van der Waals surface area contributed by atoms with Crippen LogP contribution in [0.1, 0.15) is 30.4 Å². The molecular formula is C14H19BrN2O. The molecule has 0 unspecified atom stereocenters. The average molecular weight is 311 g/mol.